The highest BCUT2D eigenvalue weighted by Gasteiger charge is 2.53. The minimum absolute atomic E-state index is 0.00631. The molecule has 2 N–H and O–H groups in total. The number of Topliss-reactive ketones (excluding diaryl/α,β-unsaturated/α-hetero) is 1. The van der Waals surface area contributed by atoms with Gasteiger partial charge in [-0.05, 0) is 69.7 Å². The summed E-state index contributed by atoms with van der Waals surface area (Å²) in [6.07, 6.45) is 3.78. The molecule has 2 amide bonds. The van der Waals surface area contributed by atoms with Crippen molar-refractivity contribution in [3.63, 3.8) is 0 Å². The Labute approximate surface area is 231 Å². The molecule has 39 heavy (non-hydrogen) atoms. The fourth-order valence-electron chi connectivity index (χ4n) is 5.98. The third-order valence-corrected chi connectivity index (χ3v) is 8.33. The molecule has 0 aliphatic carbocycles. The summed E-state index contributed by atoms with van der Waals surface area (Å²) in [5.74, 6) is 0.101. The summed E-state index contributed by atoms with van der Waals surface area (Å²) in [5.41, 5.74) is 3.67. The lowest BCUT2D eigenvalue weighted by Crippen LogP contribution is -2.73. The smallest absolute Gasteiger partial charge is 0.246 e. The number of hydrogen-bond acceptors (Lipinski definition) is 6. The molecular weight excluding hydrogens is 494 g/mol. The maximum atomic E-state index is 13.5. The van der Waals surface area contributed by atoms with E-state index in [1.807, 2.05) is 35.6 Å². The van der Waals surface area contributed by atoms with E-state index in [0.29, 0.717) is 37.3 Å². The normalized spacial score (nSPS) is 19.7. The van der Waals surface area contributed by atoms with E-state index in [4.69, 9.17) is 10.2 Å². The summed E-state index contributed by atoms with van der Waals surface area (Å²) in [4.78, 5) is 43.1. The summed E-state index contributed by atoms with van der Waals surface area (Å²) in [5, 5.41) is 17.0. The number of piperazine rings is 1. The number of rotatable bonds is 10. The number of aromatic nitrogens is 2. The van der Waals surface area contributed by atoms with Crippen LogP contribution in [0.5, 0.6) is 0 Å². The zero-order chi connectivity index (χ0) is 28.3. The predicted molar refractivity (Wildman–Crippen MR) is 150 cm³/mol. The summed E-state index contributed by atoms with van der Waals surface area (Å²) >= 11 is 0. The van der Waals surface area contributed by atoms with E-state index < -0.39 is 18.2 Å². The number of aryl methyl sites for hydroxylation is 1. The molecule has 4 rings (SSSR count). The van der Waals surface area contributed by atoms with Gasteiger partial charge < -0.3 is 15.3 Å². The Kier molecular flexibility index (Phi) is 8.91. The van der Waals surface area contributed by atoms with Crippen LogP contribution in [0.2, 0.25) is 0 Å². The average molecular weight is 538 g/mol. The number of benzene rings is 1. The largest absolute Gasteiger partial charge is 0.388 e. The number of nitrogens with zero attached hydrogens (tertiary/aromatic N) is 4. The average Bonchev–Trinajstić information content (AvgIpc) is 3.20. The molecule has 2 saturated heterocycles. The molecule has 1 aromatic heterocycles. The van der Waals surface area contributed by atoms with Gasteiger partial charge in [0, 0.05) is 43.0 Å². The van der Waals surface area contributed by atoms with Crippen molar-refractivity contribution in [2.75, 3.05) is 26.2 Å². The number of carbonyl (C=O) groups is 3. The summed E-state index contributed by atoms with van der Waals surface area (Å²) in [6.45, 7) is 12.6. The fraction of sp³-hybridized carbons (Fsp3) is 0.600. The molecule has 0 radical (unpaired) electrons. The van der Waals surface area contributed by atoms with E-state index in [2.05, 4.69) is 31.0 Å². The minimum atomic E-state index is -0.766. The van der Waals surface area contributed by atoms with Gasteiger partial charge in [0.15, 0.2) is 5.78 Å². The van der Waals surface area contributed by atoms with E-state index in [-0.39, 0.29) is 17.6 Å². The third-order valence-electron chi connectivity index (χ3n) is 8.33. The van der Waals surface area contributed by atoms with Crippen molar-refractivity contribution < 1.29 is 19.5 Å². The number of aliphatic hydroxyl groups is 1. The zero-order valence-corrected chi connectivity index (χ0v) is 24.0. The van der Waals surface area contributed by atoms with Crippen LogP contribution in [0.15, 0.2) is 24.3 Å². The number of hydrogen-bond donors (Lipinski definition) is 2. The topological polar surface area (TPSA) is 108 Å². The van der Waals surface area contributed by atoms with Crippen LogP contribution in [0.1, 0.15) is 80.2 Å². The first-order valence-corrected chi connectivity index (χ1v) is 14.3. The van der Waals surface area contributed by atoms with Gasteiger partial charge in [0.05, 0.1) is 11.4 Å². The number of carbonyl (C=O) groups excluding carboxylic acids is 3. The molecule has 3 heterocycles. The van der Waals surface area contributed by atoms with Crippen LogP contribution in [-0.4, -0.2) is 80.1 Å². The first-order valence-electron chi connectivity index (χ1n) is 14.3. The quantitative estimate of drug-likeness (QED) is 0.451. The van der Waals surface area contributed by atoms with E-state index in [0.717, 1.165) is 55.1 Å². The lowest BCUT2D eigenvalue weighted by molar-refractivity contribution is -0.161. The Morgan fingerprint density at radius 1 is 1.15 bits per heavy atom. The second-order valence-electron chi connectivity index (χ2n) is 11.5. The SMILES string of the molecule is CCCCN1C(=O)[C@H](CC(C)C)NC(=O)C12CCN(Cc1c(C)nn(-c3ccc(C(=O)CO)cc3)c1C)CC2. The first kappa shape index (κ1) is 29.0. The summed E-state index contributed by atoms with van der Waals surface area (Å²) < 4.78 is 1.89. The number of unbranched alkanes of at least 4 members (excludes halogenated alkanes) is 1. The molecule has 9 heteroatoms. The van der Waals surface area contributed by atoms with Gasteiger partial charge >= 0.3 is 0 Å². The highest BCUT2D eigenvalue weighted by Crippen LogP contribution is 2.35. The molecule has 2 aromatic rings. The van der Waals surface area contributed by atoms with Gasteiger partial charge in [-0.1, -0.05) is 27.2 Å². The summed E-state index contributed by atoms with van der Waals surface area (Å²) in [6, 6.07) is 6.67. The van der Waals surface area contributed by atoms with Gasteiger partial charge in [0.1, 0.15) is 18.2 Å². The van der Waals surface area contributed by atoms with Gasteiger partial charge in [-0.15, -0.1) is 0 Å². The first-order chi connectivity index (χ1) is 18.6. The van der Waals surface area contributed by atoms with Crippen LogP contribution in [0.25, 0.3) is 5.69 Å². The second kappa shape index (κ2) is 12.0. The third kappa shape index (κ3) is 5.79. The van der Waals surface area contributed by atoms with Gasteiger partial charge in [-0.3, -0.25) is 19.3 Å². The molecule has 1 spiro atoms. The number of amides is 2. The Hall–Kier alpha value is -3.04. The van der Waals surface area contributed by atoms with Crippen molar-refractivity contribution in [2.24, 2.45) is 5.92 Å². The Bertz CT molecular complexity index is 1190. The molecule has 0 unspecified atom stereocenters. The van der Waals surface area contributed by atoms with Gasteiger partial charge in [0.25, 0.3) is 0 Å². The zero-order valence-electron chi connectivity index (χ0n) is 24.0. The molecular formula is C30H43N5O4. The van der Waals surface area contributed by atoms with Crippen molar-refractivity contribution in [1.29, 1.82) is 0 Å². The van der Waals surface area contributed by atoms with Gasteiger partial charge in [-0.2, -0.15) is 5.10 Å². The lowest BCUT2D eigenvalue weighted by atomic mass is 9.80. The molecule has 0 bridgehead atoms. The Morgan fingerprint density at radius 3 is 2.41 bits per heavy atom. The van der Waals surface area contributed by atoms with Crippen LogP contribution in [0, 0.1) is 19.8 Å². The molecule has 2 aliphatic heterocycles. The van der Waals surface area contributed by atoms with Crippen molar-refractivity contribution in [1.82, 2.24) is 24.9 Å². The number of likely N-dealkylation sites (tertiary alicyclic amines) is 1. The molecule has 1 atom stereocenters. The second-order valence-corrected chi connectivity index (χ2v) is 11.5. The molecule has 0 saturated carbocycles. The molecule has 1 aromatic carbocycles. The van der Waals surface area contributed by atoms with E-state index in [1.54, 1.807) is 12.1 Å². The van der Waals surface area contributed by atoms with Crippen LogP contribution in [0.4, 0.5) is 0 Å². The molecule has 2 aliphatic rings. The van der Waals surface area contributed by atoms with Crippen molar-refractivity contribution in [2.45, 2.75) is 84.8 Å². The number of piperidine rings is 1. The number of nitrogens with one attached hydrogen (secondary N) is 1. The molecule has 2 fully saturated rings. The molecule has 212 valence electrons. The van der Waals surface area contributed by atoms with Crippen LogP contribution in [0.3, 0.4) is 0 Å². The van der Waals surface area contributed by atoms with Crippen LogP contribution >= 0.6 is 0 Å². The molecule has 9 nitrogen and oxygen atoms in total. The van der Waals surface area contributed by atoms with Gasteiger partial charge in [0.2, 0.25) is 11.8 Å². The van der Waals surface area contributed by atoms with Crippen LogP contribution in [-0.2, 0) is 16.1 Å². The van der Waals surface area contributed by atoms with Crippen LogP contribution < -0.4 is 5.32 Å². The fourth-order valence-corrected chi connectivity index (χ4v) is 5.98. The highest BCUT2D eigenvalue weighted by molar-refractivity contribution is 6.00. The lowest BCUT2D eigenvalue weighted by Gasteiger charge is -2.52. The summed E-state index contributed by atoms with van der Waals surface area (Å²) in [7, 11) is 0. The van der Waals surface area contributed by atoms with Crippen molar-refractivity contribution >= 4 is 17.6 Å². The monoisotopic (exact) mass is 537 g/mol. The highest BCUT2D eigenvalue weighted by atomic mass is 16.3. The number of ketones is 1. The maximum absolute atomic E-state index is 13.5. The van der Waals surface area contributed by atoms with Crippen molar-refractivity contribution in [3.05, 3.63) is 46.8 Å². The Morgan fingerprint density at radius 2 is 1.82 bits per heavy atom. The van der Waals surface area contributed by atoms with Gasteiger partial charge in [-0.25, -0.2) is 4.68 Å². The van der Waals surface area contributed by atoms with E-state index in [1.165, 1.54) is 0 Å². The number of aliphatic hydroxyl groups excluding tert-OH is 1. The van der Waals surface area contributed by atoms with E-state index in [9.17, 15) is 14.4 Å². The maximum Gasteiger partial charge on any atom is 0.246 e. The van der Waals surface area contributed by atoms with E-state index >= 15 is 0 Å². The minimum Gasteiger partial charge on any atom is -0.388 e. The van der Waals surface area contributed by atoms with Crippen molar-refractivity contribution in [3.8, 4) is 5.69 Å². The predicted octanol–water partition coefficient (Wildman–Crippen LogP) is 3.17. The Balaban J connectivity index is 1.48. The standard InChI is InChI=1S/C30H43N5O4/c1-6-7-14-34-28(38)26(17-20(2)3)31-29(39)30(34)12-15-33(16-13-30)18-25-21(4)32-35(22(25)5)24-10-8-23(9-11-24)27(37)19-36/h8-11,20,26,36H,6-7,12-19H2,1-5H3,(H,31,39)/t26-/m0/s1.